The number of halogens is 1. The van der Waals surface area contributed by atoms with Crippen LogP contribution in [0.5, 0.6) is 0 Å². The molecule has 8 heteroatoms. The number of hydrogen-bond acceptors (Lipinski definition) is 4. The summed E-state index contributed by atoms with van der Waals surface area (Å²) in [7, 11) is -3.73. The van der Waals surface area contributed by atoms with E-state index in [4.69, 9.17) is 11.6 Å². The van der Waals surface area contributed by atoms with Gasteiger partial charge >= 0.3 is 0 Å². The number of benzene rings is 2. The van der Waals surface area contributed by atoms with Gasteiger partial charge in [0.15, 0.2) is 0 Å². The molecule has 2 N–H and O–H groups in total. The number of sulfonamides is 1. The van der Waals surface area contributed by atoms with Crippen LogP contribution in [0.15, 0.2) is 47.4 Å². The summed E-state index contributed by atoms with van der Waals surface area (Å²) in [5.74, 6) is 1.17. The molecule has 1 aliphatic heterocycles. The number of likely N-dealkylation sites (tertiary alicyclic amines) is 1. The number of piperidine rings is 1. The van der Waals surface area contributed by atoms with Crippen molar-refractivity contribution in [3.05, 3.63) is 58.6 Å². The van der Waals surface area contributed by atoms with E-state index in [2.05, 4.69) is 28.8 Å². The van der Waals surface area contributed by atoms with Gasteiger partial charge in [-0.25, -0.2) is 8.42 Å². The first-order chi connectivity index (χ1) is 15.1. The van der Waals surface area contributed by atoms with E-state index in [1.54, 1.807) is 36.4 Å². The van der Waals surface area contributed by atoms with Gasteiger partial charge in [0.2, 0.25) is 0 Å². The predicted molar refractivity (Wildman–Crippen MR) is 130 cm³/mol. The van der Waals surface area contributed by atoms with Gasteiger partial charge in [0.05, 0.1) is 21.2 Å². The van der Waals surface area contributed by atoms with Gasteiger partial charge in [-0.3, -0.25) is 9.52 Å². The normalized spacial score (nSPS) is 19.5. The lowest BCUT2D eigenvalue weighted by molar-refractivity contribution is 0.0947. The minimum Gasteiger partial charge on any atom is -0.352 e. The van der Waals surface area contributed by atoms with Crippen LogP contribution in [0.25, 0.3) is 0 Å². The lowest BCUT2D eigenvalue weighted by Gasteiger charge is -2.34. The van der Waals surface area contributed by atoms with E-state index in [1.165, 1.54) is 12.5 Å². The van der Waals surface area contributed by atoms with Crippen LogP contribution >= 0.6 is 11.6 Å². The molecule has 1 aliphatic rings. The van der Waals surface area contributed by atoms with Gasteiger partial charge in [0, 0.05) is 19.6 Å². The zero-order valence-corrected chi connectivity index (χ0v) is 20.5. The molecule has 0 bridgehead atoms. The minimum atomic E-state index is -3.73. The van der Waals surface area contributed by atoms with Crippen molar-refractivity contribution in [1.82, 2.24) is 10.2 Å². The Labute approximate surface area is 196 Å². The highest BCUT2D eigenvalue weighted by atomic mass is 35.5. The highest BCUT2D eigenvalue weighted by Crippen LogP contribution is 2.24. The van der Waals surface area contributed by atoms with E-state index in [0.29, 0.717) is 29.6 Å². The Balaban J connectivity index is 1.53. The quantitative estimate of drug-likeness (QED) is 0.547. The summed E-state index contributed by atoms with van der Waals surface area (Å²) in [6.45, 7) is 10.2. The van der Waals surface area contributed by atoms with Gasteiger partial charge in [0.25, 0.3) is 15.9 Å². The third-order valence-electron chi connectivity index (χ3n) is 5.68. The highest BCUT2D eigenvalue weighted by Gasteiger charge is 2.21. The van der Waals surface area contributed by atoms with E-state index in [1.807, 2.05) is 6.92 Å². The molecular formula is C24H32ClN3O3S. The van der Waals surface area contributed by atoms with Gasteiger partial charge in [-0.2, -0.15) is 0 Å². The minimum absolute atomic E-state index is 0.165. The van der Waals surface area contributed by atoms with Crippen LogP contribution < -0.4 is 10.0 Å². The number of carbonyl (C=O) groups excluding carboxylic acids is 1. The molecule has 0 aromatic heterocycles. The Morgan fingerprint density at radius 1 is 1.09 bits per heavy atom. The van der Waals surface area contributed by atoms with Crippen molar-refractivity contribution in [3.63, 3.8) is 0 Å². The molecule has 1 fully saturated rings. The first kappa shape index (κ1) is 24.6. The molecule has 0 spiro atoms. The van der Waals surface area contributed by atoms with Crippen LogP contribution in [0.4, 0.5) is 5.69 Å². The molecule has 174 valence electrons. The van der Waals surface area contributed by atoms with Crippen LogP contribution in [0.1, 0.15) is 42.6 Å². The molecule has 0 aliphatic carbocycles. The number of rotatable bonds is 8. The topological polar surface area (TPSA) is 78.5 Å². The Hall–Kier alpha value is -2.09. The van der Waals surface area contributed by atoms with Gasteiger partial charge in [-0.05, 0) is 68.5 Å². The fourth-order valence-corrected chi connectivity index (χ4v) is 5.58. The monoisotopic (exact) mass is 477 g/mol. The van der Waals surface area contributed by atoms with E-state index < -0.39 is 10.0 Å². The van der Waals surface area contributed by atoms with E-state index >= 15 is 0 Å². The summed E-state index contributed by atoms with van der Waals surface area (Å²) in [6.07, 6.45) is 2.15. The zero-order valence-electron chi connectivity index (χ0n) is 18.9. The first-order valence-electron chi connectivity index (χ1n) is 11.0. The molecule has 3 rings (SSSR count). The summed E-state index contributed by atoms with van der Waals surface area (Å²) in [6, 6.07) is 11.1. The van der Waals surface area contributed by atoms with Crippen LogP contribution in [-0.2, 0) is 10.0 Å². The lowest BCUT2D eigenvalue weighted by Crippen LogP contribution is -2.40. The van der Waals surface area contributed by atoms with Crippen molar-refractivity contribution < 1.29 is 13.2 Å². The van der Waals surface area contributed by atoms with Crippen molar-refractivity contribution in [3.8, 4) is 0 Å². The lowest BCUT2D eigenvalue weighted by atomic mass is 9.92. The number of aryl methyl sites for hydroxylation is 1. The average molecular weight is 478 g/mol. The van der Waals surface area contributed by atoms with Gasteiger partial charge in [-0.1, -0.05) is 43.1 Å². The summed E-state index contributed by atoms with van der Waals surface area (Å²) in [4.78, 5) is 15.2. The molecule has 32 heavy (non-hydrogen) atoms. The van der Waals surface area contributed by atoms with E-state index in [-0.39, 0.29) is 15.8 Å². The molecule has 1 amide bonds. The number of nitrogens with zero attached hydrogens (tertiary/aromatic N) is 1. The standard InChI is InChI=1S/C24H32ClN3O3S/c1-17-5-8-21(9-6-17)32(30,31)27-20-7-10-22(23(25)14-20)24(29)26-11-4-12-28-15-18(2)13-19(3)16-28/h5-10,14,18-19,27H,4,11-13,15-16H2,1-3H3,(H,26,29)/t18-,19+. The van der Waals surface area contributed by atoms with Crippen LogP contribution in [0.3, 0.4) is 0 Å². The van der Waals surface area contributed by atoms with E-state index in [0.717, 1.165) is 31.6 Å². The van der Waals surface area contributed by atoms with Crippen molar-refractivity contribution in [1.29, 1.82) is 0 Å². The fourth-order valence-electron chi connectivity index (χ4n) is 4.27. The number of carbonyl (C=O) groups is 1. The molecule has 2 aromatic rings. The summed E-state index contributed by atoms with van der Waals surface area (Å²) in [5.41, 5.74) is 1.60. The maximum Gasteiger partial charge on any atom is 0.261 e. The zero-order chi connectivity index (χ0) is 23.3. The fraction of sp³-hybridized carbons (Fsp3) is 0.458. The third kappa shape index (κ3) is 6.70. The van der Waals surface area contributed by atoms with Gasteiger partial charge in [0.1, 0.15) is 0 Å². The number of anilines is 1. The van der Waals surface area contributed by atoms with Crippen molar-refractivity contribution in [2.24, 2.45) is 11.8 Å². The molecule has 6 nitrogen and oxygen atoms in total. The van der Waals surface area contributed by atoms with Crippen molar-refractivity contribution in [2.45, 2.75) is 38.5 Å². The number of hydrogen-bond donors (Lipinski definition) is 2. The Kier molecular flexibility index (Phi) is 8.20. The Morgan fingerprint density at radius 2 is 1.75 bits per heavy atom. The predicted octanol–water partition coefficient (Wildman–Crippen LogP) is 4.55. The second kappa shape index (κ2) is 10.7. The molecule has 0 unspecified atom stereocenters. The third-order valence-corrected chi connectivity index (χ3v) is 7.39. The van der Waals surface area contributed by atoms with Gasteiger partial charge in [-0.15, -0.1) is 0 Å². The maximum atomic E-state index is 12.6. The summed E-state index contributed by atoms with van der Waals surface area (Å²) in [5, 5.41) is 3.11. The van der Waals surface area contributed by atoms with Crippen molar-refractivity contribution in [2.75, 3.05) is 30.9 Å². The molecule has 1 heterocycles. The SMILES string of the molecule is Cc1ccc(S(=O)(=O)Nc2ccc(C(=O)NCCCN3C[C@H](C)C[C@H](C)C3)c(Cl)c2)cc1. The van der Waals surface area contributed by atoms with E-state index in [9.17, 15) is 13.2 Å². The smallest absolute Gasteiger partial charge is 0.261 e. The average Bonchev–Trinajstić information content (AvgIpc) is 2.70. The highest BCUT2D eigenvalue weighted by molar-refractivity contribution is 7.92. The molecular weight excluding hydrogens is 446 g/mol. The largest absolute Gasteiger partial charge is 0.352 e. The van der Waals surface area contributed by atoms with Crippen molar-refractivity contribution >= 4 is 33.2 Å². The summed E-state index contributed by atoms with van der Waals surface area (Å²) < 4.78 is 27.6. The summed E-state index contributed by atoms with van der Waals surface area (Å²) >= 11 is 6.28. The number of nitrogens with one attached hydrogen (secondary N) is 2. The van der Waals surface area contributed by atoms with Crippen LogP contribution in [0.2, 0.25) is 5.02 Å². The van der Waals surface area contributed by atoms with Gasteiger partial charge < -0.3 is 10.2 Å². The molecule has 0 saturated carbocycles. The van der Waals surface area contributed by atoms with Crippen LogP contribution in [-0.4, -0.2) is 45.4 Å². The second-order valence-corrected chi connectivity index (χ2v) is 11.0. The maximum absolute atomic E-state index is 12.6. The van der Waals surface area contributed by atoms with Crippen LogP contribution in [0, 0.1) is 18.8 Å². The first-order valence-corrected chi connectivity index (χ1v) is 12.9. The number of amides is 1. The molecule has 1 saturated heterocycles. The molecule has 0 radical (unpaired) electrons. The molecule has 2 atom stereocenters. The second-order valence-electron chi connectivity index (χ2n) is 8.93. The Bertz CT molecular complexity index is 1030. The molecule has 2 aromatic carbocycles. The Morgan fingerprint density at radius 3 is 2.38 bits per heavy atom.